The van der Waals surface area contributed by atoms with Crippen molar-refractivity contribution in [2.24, 2.45) is 0 Å². The SMILES string of the molecule is C[C@@H](c1cccc(Br)c1)C(NC(=O)OC(C)(C)C)C(=O)O. The molecular weight excluding hydrogens is 338 g/mol. The fraction of sp³-hybridized carbons (Fsp3) is 0.467. The summed E-state index contributed by atoms with van der Waals surface area (Å²) in [5.74, 6) is -1.50. The van der Waals surface area contributed by atoms with Crippen LogP contribution in [0.2, 0.25) is 0 Å². The number of amides is 1. The third-order valence-corrected chi connectivity index (χ3v) is 3.31. The molecule has 2 atom stereocenters. The van der Waals surface area contributed by atoms with Gasteiger partial charge in [-0.1, -0.05) is 35.0 Å². The lowest BCUT2D eigenvalue weighted by Gasteiger charge is -2.25. The van der Waals surface area contributed by atoms with Crippen LogP contribution in [0.3, 0.4) is 0 Å². The van der Waals surface area contributed by atoms with Crippen molar-refractivity contribution in [3.8, 4) is 0 Å². The minimum Gasteiger partial charge on any atom is -0.480 e. The molecule has 1 aromatic carbocycles. The van der Waals surface area contributed by atoms with Crippen LogP contribution in [0.1, 0.15) is 39.2 Å². The maximum atomic E-state index is 11.8. The minimum absolute atomic E-state index is 0.396. The van der Waals surface area contributed by atoms with E-state index in [0.717, 1.165) is 10.0 Å². The smallest absolute Gasteiger partial charge is 0.408 e. The fourth-order valence-electron chi connectivity index (χ4n) is 1.82. The van der Waals surface area contributed by atoms with Gasteiger partial charge in [-0.3, -0.25) is 0 Å². The molecule has 5 nitrogen and oxygen atoms in total. The Morgan fingerprint density at radius 3 is 2.43 bits per heavy atom. The van der Waals surface area contributed by atoms with Gasteiger partial charge < -0.3 is 15.2 Å². The summed E-state index contributed by atoms with van der Waals surface area (Å²) in [6, 6.07) is 6.27. The number of rotatable bonds is 4. The van der Waals surface area contributed by atoms with Crippen LogP contribution in [0.5, 0.6) is 0 Å². The summed E-state index contributed by atoms with van der Waals surface area (Å²) < 4.78 is 5.96. The van der Waals surface area contributed by atoms with Crippen LogP contribution < -0.4 is 5.32 Å². The van der Waals surface area contributed by atoms with Gasteiger partial charge in [0.05, 0.1) is 0 Å². The van der Waals surface area contributed by atoms with Crippen molar-refractivity contribution in [2.75, 3.05) is 0 Å². The van der Waals surface area contributed by atoms with Crippen LogP contribution in [0.15, 0.2) is 28.7 Å². The summed E-state index contributed by atoms with van der Waals surface area (Å²) in [6.07, 6.45) is -0.739. The van der Waals surface area contributed by atoms with Gasteiger partial charge in [-0.15, -0.1) is 0 Å². The molecule has 1 unspecified atom stereocenters. The van der Waals surface area contributed by atoms with Crippen molar-refractivity contribution in [1.82, 2.24) is 5.32 Å². The zero-order valence-corrected chi connectivity index (χ0v) is 14.1. The van der Waals surface area contributed by atoms with Crippen LogP contribution in [0.25, 0.3) is 0 Å². The monoisotopic (exact) mass is 357 g/mol. The first kappa shape index (κ1) is 17.5. The van der Waals surface area contributed by atoms with Crippen molar-refractivity contribution < 1.29 is 19.4 Å². The molecule has 2 N–H and O–H groups in total. The van der Waals surface area contributed by atoms with Crippen molar-refractivity contribution in [3.63, 3.8) is 0 Å². The maximum absolute atomic E-state index is 11.8. The molecule has 0 aromatic heterocycles. The van der Waals surface area contributed by atoms with Crippen molar-refractivity contribution in [3.05, 3.63) is 34.3 Å². The van der Waals surface area contributed by atoms with Crippen molar-refractivity contribution in [1.29, 1.82) is 0 Å². The molecule has 0 spiro atoms. The number of hydrogen-bond acceptors (Lipinski definition) is 3. The normalized spacial score (nSPS) is 14.1. The predicted molar refractivity (Wildman–Crippen MR) is 83.4 cm³/mol. The van der Waals surface area contributed by atoms with Crippen LogP contribution in [-0.2, 0) is 9.53 Å². The molecule has 1 amide bonds. The number of ether oxygens (including phenoxy) is 1. The fourth-order valence-corrected chi connectivity index (χ4v) is 2.23. The predicted octanol–water partition coefficient (Wildman–Crippen LogP) is 3.53. The number of aliphatic carboxylic acids is 1. The number of carboxylic acid groups (broad SMARTS) is 1. The highest BCUT2D eigenvalue weighted by Gasteiger charge is 2.29. The lowest BCUT2D eigenvalue weighted by Crippen LogP contribution is -2.46. The summed E-state index contributed by atoms with van der Waals surface area (Å²) in [6.45, 7) is 6.91. The van der Waals surface area contributed by atoms with Gasteiger partial charge in [0.25, 0.3) is 0 Å². The molecule has 116 valence electrons. The van der Waals surface area contributed by atoms with Gasteiger partial charge in [-0.25, -0.2) is 9.59 Å². The van der Waals surface area contributed by atoms with E-state index in [-0.39, 0.29) is 0 Å². The quantitative estimate of drug-likeness (QED) is 0.863. The van der Waals surface area contributed by atoms with Gasteiger partial charge in [0.2, 0.25) is 0 Å². The van der Waals surface area contributed by atoms with E-state index in [1.807, 2.05) is 24.3 Å². The van der Waals surface area contributed by atoms with E-state index < -0.39 is 29.6 Å². The van der Waals surface area contributed by atoms with Crippen LogP contribution in [0, 0.1) is 0 Å². The third kappa shape index (κ3) is 5.75. The lowest BCUT2D eigenvalue weighted by molar-refractivity contribution is -0.140. The average molecular weight is 358 g/mol. The molecule has 0 saturated heterocycles. The summed E-state index contributed by atoms with van der Waals surface area (Å²) >= 11 is 3.35. The zero-order valence-electron chi connectivity index (χ0n) is 12.5. The van der Waals surface area contributed by atoms with Crippen LogP contribution >= 0.6 is 15.9 Å². The van der Waals surface area contributed by atoms with E-state index in [9.17, 15) is 14.7 Å². The zero-order chi connectivity index (χ0) is 16.2. The number of carbonyl (C=O) groups excluding carboxylic acids is 1. The Bertz CT molecular complexity index is 525. The maximum Gasteiger partial charge on any atom is 0.408 e. The number of alkyl carbamates (subject to hydrolysis) is 1. The third-order valence-electron chi connectivity index (χ3n) is 2.81. The Balaban J connectivity index is 2.87. The average Bonchev–Trinajstić information content (AvgIpc) is 2.32. The van der Waals surface area contributed by atoms with Crippen LogP contribution in [0.4, 0.5) is 4.79 Å². The minimum atomic E-state index is -1.10. The molecule has 1 aromatic rings. The Morgan fingerprint density at radius 1 is 1.33 bits per heavy atom. The molecule has 1 rings (SSSR count). The molecular formula is C15H20BrNO4. The summed E-state index contributed by atoms with van der Waals surface area (Å²) in [7, 11) is 0. The van der Waals surface area contributed by atoms with Gasteiger partial charge >= 0.3 is 12.1 Å². The summed E-state index contributed by atoms with van der Waals surface area (Å²) in [5.41, 5.74) is 0.138. The lowest BCUT2D eigenvalue weighted by atomic mass is 9.93. The second-order valence-electron chi connectivity index (χ2n) is 5.81. The molecule has 0 fully saturated rings. The number of hydrogen-bond donors (Lipinski definition) is 2. The standard InChI is InChI=1S/C15H20BrNO4/c1-9(10-6-5-7-11(16)8-10)12(13(18)19)17-14(20)21-15(2,3)4/h5-9,12H,1-4H3,(H,17,20)(H,18,19)/t9-,12?/m0/s1. The Morgan fingerprint density at radius 2 is 1.95 bits per heavy atom. The van der Waals surface area contributed by atoms with Crippen molar-refractivity contribution in [2.45, 2.75) is 45.3 Å². The summed E-state index contributed by atoms with van der Waals surface area (Å²) in [5, 5.41) is 11.8. The summed E-state index contributed by atoms with van der Waals surface area (Å²) in [4.78, 5) is 23.2. The highest BCUT2D eigenvalue weighted by Crippen LogP contribution is 2.23. The molecule has 6 heteroatoms. The van der Waals surface area contributed by atoms with E-state index in [4.69, 9.17) is 4.74 Å². The molecule has 0 bridgehead atoms. The van der Waals surface area contributed by atoms with E-state index >= 15 is 0 Å². The molecule has 0 aliphatic heterocycles. The Labute approximate surface area is 132 Å². The number of carbonyl (C=O) groups is 2. The number of halogens is 1. The van der Waals surface area contributed by atoms with Gasteiger partial charge in [0.15, 0.2) is 0 Å². The Kier molecular flexibility index (Phi) is 5.78. The Hall–Kier alpha value is -1.56. The first-order chi connectivity index (χ1) is 9.60. The van der Waals surface area contributed by atoms with Gasteiger partial charge in [0, 0.05) is 10.4 Å². The number of benzene rings is 1. The van der Waals surface area contributed by atoms with E-state index in [0.29, 0.717) is 0 Å². The molecule has 0 aliphatic rings. The number of nitrogens with one attached hydrogen (secondary N) is 1. The molecule has 0 saturated carbocycles. The van der Waals surface area contributed by atoms with Crippen LogP contribution in [-0.4, -0.2) is 28.8 Å². The first-order valence-corrected chi connectivity index (χ1v) is 7.37. The van der Waals surface area contributed by atoms with E-state index in [1.54, 1.807) is 27.7 Å². The van der Waals surface area contributed by atoms with Gasteiger partial charge in [-0.2, -0.15) is 0 Å². The molecule has 0 aliphatic carbocycles. The van der Waals surface area contributed by atoms with Gasteiger partial charge in [-0.05, 0) is 38.5 Å². The topological polar surface area (TPSA) is 75.6 Å². The van der Waals surface area contributed by atoms with E-state index in [1.165, 1.54) is 0 Å². The highest BCUT2D eigenvalue weighted by atomic mass is 79.9. The largest absolute Gasteiger partial charge is 0.480 e. The second kappa shape index (κ2) is 6.93. The molecule has 0 radical (unpaired) electrons. The number of carboxylic acids is 1. The molecule has 0 heterocycles. The second-order valence-corrected chi connectivity index (χ2v) is 6.72. The van der Waals surface area contributed by atoms with Crippen molar-refractivity contribution >= 4 is 28.0 Å². The van der Waals surface area contributed by atoms with Gasteiger partial charge in [0.1, 0.15) is 11.6 Å². The molecule has 21 heavy (non-hydrogen) atoms. The highest BCUT2D eigenvalue weighted by molar-refractivity contribution is 9.10. The first-order valence-electron chi connectivity index (χ1n) is 6.58. The van der Waals surface area contributed by atoms with E-state index in [2.05, 4.69) is 21.2 Å².